The molecule has 0 aliphatic heterocycles. The smallest absolute Gasteiger partial charge is 1.00 e. The Balaban J connectivity index is 0. The zero-order valence-electron chi connectivity index (χ0n) is 8.04. The van der Waals surface area contributed by atoms with Crippen molar-refractivity contribution in [3.8, 4) is 11.8 Å². The van der Waals surface area contributed by atoms with Gasteiger partial charge in [0.1, 0.15) is 0 Å². The van der Waals surface area contributed by atoms with E-state index in [2.05, 4.69) is 5.92 Å². The van der Waals surface area contributed by atoms with Gasteiger partial charge in [-0.25, -0.2) is 4.79 Å². The molecular weight excluding hydrogens is 215 g/mol. The quantitative estimate of drug-likeness (QED) is 0.445. The van der Waals surface area contributed by atoms with Crippen molar-refractivity contribution >= 4 is 17.6 Å². The van der Waals surface area contributed by atoms with Crippen molar-refractivity contribution in [2.24, 2.45) is 0 Å². The number of halogens is 1. The van der Waals surface area contributed by atoms with Crippen LogP contribution in [0.15, 0.2) is 24.3 Å². The van der Waals surface area contributed by atoms with Crippen LogP contribution in [0.1, 0.15) is 6.99 Å². The van der Waals surface area contributed by atoms with E-state index in [4.69, 9.17) is 16.7 Å². The number of hydrogen-bond acceptors (Lipinski definition) is 1. The third-order valence-electron chi connectivity index (χ3n) is 1.16. The molecule has 1 N–H and O–H groups in total. The normalized spacial score (nSPS) is 7.77. The van der Waals surface area contributed by atoms with E-state index >= 15 is 0 Å². The number of benzene rings is 1. The number of hydrogen-bond donors (Lipinski definition) is 1. The Morgan fingerprint density at radius 2 is 1.92 bits per heavy atom. The van der Waals surface area contributed by atoms with Gasteiger partial charge in [0, 0.05) is 16.5 Å². The predicted octanol–water partition coefficient (Wildman–Crippen LogP) is -1.11. The van der Waals surface area contributed by atoms with E-state index in [1.54, 1.807) is 24.3 Å². The Labute approximate surface area is 125 Å². The molecule has 1 aromatic rings. The molecule has 0 spiro atoms. The molecule has 0 radical (unpaired) electrons. The number of rotatable bonds is 0. The summed E-state index contributed by atoms with van der Waals surface area (Å²) >= 11 is 5.61. The fraction of sp³-hybridized carbons (Fsp3) is 0. The van der Waals surface area contributed by atoms with Crippen molar-refractivity contribution < 1.29 is 62.7 Å². The van der Waals surface area contributed by atoms with Crippen LogP contribution in [0.3, 0.4) is 0 Å². The summed E-state index contributed by atoms with van der Waals surface area (Å²) in [5, 5.41) is 8.84. The van der Waals surface area contributed by atoms with Crippen LogP contribution in [0.2, 0.25) is 5.02 Å². The zero-order valence-corrected chi connectivity index (χ0v) is 10.9. The first kappa shape index (κ1) is 13.2. The van der Waals surface area contributed by atoms with Crippen LogP contribution in [0.5, 0.6) is 0 Å². The Bertz CT molecular complexity index is 353. The Morgan fingerprint density at radius 1 is 1.38 bits per heavy atom. The molecule has 0 bridgehead atoms. The van der Waals surface area contributed by atoms with E-state index in [0.717, 1.165) is 0 Å². The first-order chi connectivity index (χ1) is 5.68. The average Bonchev–Trinajstić information content (AvgIpc) is 2.03. The molecule has 0 atom stereocenters. The molecule has 0 heterocycles. The number of carbonyl (C=O) groups is 1. The van der Waals surface area contributed by atoms with Crippen molar-refractivity contribution in [2.45, 2.75) is 0 Å². The van der Waals surface area contributed by atoms with Crippen LogP contribution in [0.25, 0.3) is 0 Å². The van der Waals surface area contributed by atoms with E-state index < -0.39 is 5.97 Å². The van der Waals surface area contributed by atoms with E-state index in [9.17, 15) is 4.79 Å². The molecule has 0 saturated carbocycles. The topological polar surface area (TPSA) is 37.3 Å². The van der Waals surface area contributed by atoms with Crippen LogP contribution in [-0.4, -0.2) is 11.1 Å². The Hall–Kier alpha value is 0.176. The van der Waals surface area contributed by atoms with Crippen molar-refractivity contribution in [1.82, 2.24) is 0 Å². The summed E-state index contributed by atoms with van der Waals surface area (Å²) in [4.78, 5) is 10.0. The van der Waals surface area contributed by atoms with Gasteiger partial charge in [0.2, 0.25) is 0 Å². The van der Waals surface area contributed by atoms with Gasteiger partial charge in [0.05, 0.1) is 0 Å². The monoisotopic (exact) mass is 220 g/mol. The van der Waals surface area contributed by atoms with Crippen molar-refractivity contribution in [3.05, 3.63) is 34.9 Å². The third-order valence-corrected chi connectivity index (χ3v) is 1.41. The second kappa shape index (κ2) is 6.60. The summed E-state index contributed by atoms with van der Waals surface area (Å²) in [6.07, 6.45) is 0. The third kappa shape index (κ3) is 5.47. The molecule has 0 amide bonds. The average molecular weight is 221 g/mol. The zero-order chi connectivity index (χ0) is 8.97. The molecule has 0 unspecified atom stereocenters. The largest absolute Gasteiger partial charge is 1.00 e. The second-order valence-corrected chi connectivity index (χ2v) is 2.50. The van der Waals surface area contributed by atoms with Gasteiger partial charge in [-0.1, -0.05) is 17.5 Å². The molecule has 1 rings (SSSR count). The van der Waals surface area contributed by atoms with Crippen LogP contribution in [0.4, 0.5) is 0 Å². The molecule has 0 aliphatic rings. The predicted molar refractivity (Wildman–Crippen MR) is 47.1 cm³/mol. The number of carboxylic acid groups (broad SMARTS) is 1. The maximum atomic E-state index is 10.0. The number of carboxylic acids is 1. The summed E-state index contributed by atoms with van der Waals surface area (Å²) in [5.74, 6) is 3.33. The molecule has 13 heavy (non-hydrogen) atoms. The van der Waals surface area contributed by atoms with Gasteiger partial charge in [-0.15, -0.1) is 0 Å². The first-order valence-electron chi connectivity index (χ1n) is 3.19. The molecule has 0 saturated heterocycles. The van der Waals surface area contributed by atoms with E-state index in [1.165, 1.54) is 0 Å². The van der Waals surface area contributed by atoms with Crippen LogP contribution >= 0.6 is 11.6 Å². The fourth-order valence-electron chi connectivity index (χ4n) is 0.659. The maximum absolute atomic E-state index is 10.0. The van der Waals surface area contributed by atoms with E-state index in [0.29, 0.717) is 10.6 Å². The summed E-state index contributed by atoms with van der Waals surface area (Å²) in [6.45, 7) is 0. The molecule has 0 aliphatic carbocycles. The van der Waals surface area contributed by atoms with Gasteiger partial charge < -0.3 is 6.53 Å². The molecule has 1 aromatic carbocycles. The van der Waals surface area contributed by atoms with E-state index in [-0.39, 0.29) is 52.8 Å². The first-order valence-corrected chi connectivity index (χ1v) is 3.57. The van der Waals surface area contributed by atoms with E-state index in [1.807, 2.05) is 5.92 Å². The molecule has 62 valence electrons. The minimum atomic E-state index is -1.13. The van der Waals surface area contributed by atoms with Gasteiger partial charge in [-0.3, -0.25) is 0 Å². The summed E-state index contributed by atoms with van der Waals surface area (Å²) in [5.41, 5.74) is 0.641. The van der Waals surface area contributed by atoms with Crippen LogP contribution < -0.4 is 51.4 Å². The molecule has 2 nitrogen and oxygen atoms in total. The summed E-state index contributed by atoms with van der Waals surface area (Å²) in [7, 11) is 0. The second-order valence-electron chi connectivity index (χ2n) is 2.06. The summed E-state index contributed by atoms with van der Waals surface area (Å²) < 4.78 is 0. The SMILES string of the molecule is O=C(O)C#Cc1ccc(Cl)cc1.[H-].[K+]. The Kier molecular flexibility index (Phi) is 6.69. The summed E-state index contributed by atoms with van der Waals surface area (Å²) in [6, 6.07) is 6.65. The Morgan fingerprint density at radius 3 is 2.38 bits per heavy atom. The fourth-order valence-corrected chi connectivity index (χ4v) is 0.785. The van der Waals surface area contributed by atoms with Gasteiger partial charge >= 0.3 is 57.4 Å². The van der Waals surface area contributed by atoms with Crippen LogP contribution in [-0.2, 0) is 4.79 Å². The van der Waals surface area contributed by atoms with Gasteiger partial charge in [-0.2, -0.15) is 0 Å². The van der Waals surface area contributed by atoms with Gasteiger partial charge in [-0.05, 0) is 24.3 Å². The van der Waals surface area contributed by atoms with Crippen molar-refractivity contribution in [1.29, 1.82) is 0 Å². The van der Waals surface area contributed by atoms with Gasteiger partial charge in [0.15, 0.2) is 0 Å². The molecule has 0 fully saturated rings. The molecule has 4 heteroatoms. The van der Waals surface area contributed by atoms with Crippen molar-refractivity contribution in [3.63, 3.8) is 0 Å². The maximum Gasteiger partial charge on any atom is 1.00 e. The standard InChI is InChI=1S/C9H5ClO2.K.H/c10-8-4-1-7(2-5-8)3-6-9(11)12;;/h1-2,4-5H,(H,11,12);;/q;+1;-1. The van der Waals surface area contributed by atoms with Crippen molar-refractivity contribution in [2.75, 3.05) is 0 Å². The minimum absolute atomic E-state index is 0. The number of aliphatic carboxylic acids is 1. The molecule has 0 aromatic heterocycles. The van der Waals surface area contributed by atoms with Gasteiger partial charge in [0.25, 0.3) is 0 Å². The molecular formula is C9H6ClKO2. The van der Waals surface area contributed by atoms with Crippen LogP contribution in [0, 0.1) is 11.8 Å². The minimum Gasteiger partial charge on any atom is -1.00 e.